The number of rotatable bonds is 13. The summed E-state index contributed by atoms with van der Waals surface area (Å²) in [5, 5.41) is 17.9. The van der Waals surface area contributed by atoms with Crippen molar-refractivity contribution < 1.29 is 19.8 Å². The molecule has 5 aromatic carbocycles. The summed E-state index contributed by atoms with van der Waals surface area (Å²) in [5.74, 6) is -1.91. The van der Waals surface area contributed by atoms with Crippen LogP contribution in [0, 0.1) is 13.8 Å². The lowest BCUT2D eigenvalue weighted by Crippen LogP contribution is -2.11. The molecule has 0 amide bonds. The van der Waals surface area contributed by atoms with Gasteiger partial charge in [0, 0.05) is 29.2 Å². The lowest BCUT2D eigenvalue weighted by Gasteiger charge is -2.27. The van der Waals surface area contributed by atoms with Gasteiger partial charge in [-0.25, -0.2) is 9.59 Å². The number of hydrogen-bond donors (Lipinski definition) is 2. The Labute approximate surface area is 300 Å². The highest BCUT2D eigenvalue weighted by Crippen LogP contribution is 2.37. The van der Waals surface area contributed by atoms with Crippen LogP contribution in [0.1, 0.15) is 69.5 Å². The first kappa shape index (κ1) is 36.1. The predicted molar refractivity (Wildman–Crippen MR) is 213 cm³/mol. The van der Waals surface area contributed by atoms with Gasteiger partial charge in [0.05, 0.1) is 0 Å². The van der Waals surface area contributed by atoms with Crippen LogP contribution in [0.2, 0.25) is 0 Å². The van der Waals surface area contributed by atoms with Crippen LogP contribution < -0.4 is 4.90 Å². The van der Waals surface area contributed by atoms with E-state index in [0.29, 0.717) is 0 Å². The van der Waals surface area contributed by atoms with Crippen molar-refractivity contribution in [1.29, 1.82) is 0 Å². The number of nitrogens with zero attached hydrogens (tertiary/aromatic N) is 1. The second-order valence-electron chi connectivity index (χ2n) is 12.4. The molecule has 0 saturated heterocycles. The molecule has 0 heterocycles. The van der Waals surface area contributed by atoms with E-state index in [0.717, 1.165) is 86.6 Å². The molecular formula is C46H43NO4. The Morgan fingerprint density at radius 3 is 1.35 bits per heavy atom. The average molecular weight is 674 g/mol. The van der Waals surface area contributed by atoms with Crippen molar-refractivity contribution >= 4 is 65.5 Å². The summed E-state index contributed by atoms with van der Waals surface area (Å²) < 4.78 is 0. The van der Waals surface area contributed by atoms with Gasteiger partial charge >= 0.3 is 11.9 Å². The van der Waals surface area contributed by atoms with E-state index in [4.69, 9.17) is 10.2 Å². The third-order valence-corrected chi connectivity index (χ3v) is 8.74. The van der Waals surface area contributed by atoms with Gasteiger partial charge in [-0.1, -0.05) is 117 Å². The van der Waals surface area contributed by atoms with Crippen molar-refractivity contribution in [1.82, 2.24) is 0 Å². The van der Waals surface area contributed by atoms with E-state index in [9.17, 15) is 9.59 Å². The molecule has 0 unspecified atom stereocenters. The molecule has 5 rings (SSSR count). The van der Waals surface area contributed by atoms with E-state index in [-0.39, 0.29) is 0 Å². The first-order chi connectivity index (χ1) is 24.6. The Morgan fingerprint density at radius 2 is 0.961 bits per heavy atom. The minimum absolute atomic E-state index is 0.841. The lowest BCUT2D eigenvalue weighted by molar-refractivity contribution is -0.132. The monoisotopic (exact) mass is 673 g/mol. The number of benzene rings is 5. The fourth-order valence-electron chi connectivity index (χ4n) is 6.06. The Bertz CT molecular complexity index is 2010. The first-order valence-corrected chi connectivity index (χ1v) is 17.1. The average Bonchev–Trinajstić information content (AvgIpc) is 3.13. The quantitative estimate of drug-likeness (QED) is 0.0961. The molecule has 0 bridgehead atoms. The van der Waals surface area contributed by atoms with Crippen LogP contribution in [0.15, 0.2) is 115 Å². The van der Waals surface area contributed by atoms with Crippen LogP contribution >= 0.6 is 0 Å². The molecule has 0 aliphatic rings. The van der Waals surface area contributed by atoms with Gasteiger partial charge in [-0.15, -0.1) is 0 Å². The van der Waals surface area contributed by atoms with E-state index in [1.54, 1.807) is 12.2 Å². The van der Waals surface area contributed by atoms with E-state index in [1.165, 1.54) is 11.1 Å². The SMILES string of the molecule is CCc1cc(C=CC(=O)O)ccc1C=Cc1ccc(N(c2ccc(C=Cc3ccc(C=CC(=O)O)cc3CC)cc2)c2ccc(C)cc2C)cc1. The smallest absolute Gasteiger partial charge is 0.328 e. The zero-order chi connectivity index (χ0) is 36.3. The number of aryl methyl sites for hydroxylation is 4. The molecule has 51 heavy (non-hydrogen) atoms. The zero-order valence-corrected chi connectivity index (χ0v) is 29.5. The summed E-state index contributed by atoms with van der Waals surface area (Å²) in [4.78, 5) is 24.1. The minimum atomic E-state index is -0.957. The third kappa shape index (κ3) is 9.71. The van der Waals surface area contributed by atoms with Crippen LogP contribution in [0.5, 0.6) is 0 Å². The molecule has 0 aromatic heterocycles. The Morgan fingerprint density at radius 1 is 0.529 bits per heavy atom. The van der Waals surface area contributed by atoms with Gasteiger partial charge in [-0.2, -0.15) is 0 Å². The highest BCUT2D eigenvalue weighted by Gasteiger charge is 2.15. The summed E-state index contributed by atoms with van der Waals surface area (Å²) in [6.07, 6.45) is 15.7. The van der Waals surface area contributed by atoms with Crippen molar-refractivity contribution in [2.75, 3.05) is 4.90 Å². The lowest BCUT2D eigenvalue weighted by atomic mass is 10.00. The first-order valence-electron chi connectivity index (χ1n) is 17.1. The molecule has 5 aromatic rings. The van der Waals surface area contributed by atoms with Gasteiger partial charge in [-0.05, 0) is 119 Å². The van der Waals surface area contributed by atoms with Crippen LogP contribution in [0.4, 0.5) is 17.1 Å². The molecule has 0 atom stereocenters. The number of carboxylic acids is 2. The molecule has 0 aliphatic heterocycles. The van der Waals surface area contributed by atoms with E-state index >= 15 is 0 Å². The maximum Gasteiger partial charge on any atom is 0.328 e. The van der Waals surface area contributed by atoms with Crippen LogP contribution in [-0.4, -0.2) is 22.2 Å². The van der Waals surface area contributed by atoms with Crippen LogP contribution in [0.25, 0.3) is 36.5 Å². The number of aliphatic carboxylic acids is 2. The molecule has 0 saturated carbocycles. The van der Waals surface area contributed by atoms with Gasteiger partial charge in [0.1, 0.15) is 0 Å². The summed E-state index contributed by atoms with van der Waals surface area (Å²) in [6, 6.07) is 35.7. The van der Waals surface area contributed by atoms with E-state index in [1.807, 2.05) is 36.4 Å². The normalized spacial score (nSPS) is 11.7. The summed E-state index contributed by atoms with van der Waals surface area (Å²) in [6.45, 7) is 8.45. The van der Waals surface area contributed by atoms with Crippen LogP contribution in [-0.2, 0) is 22.4 Å². The van der Waals surface area contributed by atoms with Gasteiger partial charge in [0.2, 0.25) is 0 Å². The molecule has 5 nitrogen and oxygen atoms in total. The largest absolute Gasteiger partial charge is 0.478 e. The van der Waals surface area contributed by atoms with Crippen molar-refractivity contribution in [2.45, 2.75) is 40.5 Å². The van der Waals surface area contributed by atoms with Gasteiger partial charge in [0.25, 0.3) is 0 Å². The highest BCUT2D eigenvalue weighted by atomic mass is 16.4. The highest BCUT2D eigenvalue weighted by molar-refractivity contribution is 5.86. The summed E-state index contributed by atoms with van der Waals surface area (Å²) in [5.41, 5.74) is 14.0. The fraction of sp³-hybridized carbons (Fsp3) is 0.130. The second-order valence-corrected chi connectivity index (χ2v) is 12.4. The maximum absolute atomic E-state index is 10.9. The molecule has 0 radical (unpaired) electrons. The minimum Gasteiger partial charge on any atom is -0.478 e. The molecule has 0 fully saturated rings. The summed E-state index contributed by atoms with van der Waals surface area (Å²) in [7, 11) is 0. The Hall–Kier alpha value is -6.20. The topological polar surface area (TPSA) is 77.8 Å². The molecule has 2 N–H and O–H groups in total. The number of hydrogen-bond acceptors (Lipinski definition) is 3. The van der Waals surface area contributed by atoms with E-state index < -0.39 is 11.9 Å². The number of carboxylic acid groups (broad SMARTS) is 2. The van der Waals surface area contributed by atoms with Crippen molar-refractivity contribution in [3.8, 4) is 0 Å². The Balaban J connectivity index is 1.40. The maximum atomic E-state index is 10.9. The van der Waals surface area contributed by atoms with E-state index in [2.05, 4.69) is 124 Å². The second kappa shape index (κ2) is 17.0. The predicted octanol–water partition coefficient (Wildman–Crippen LogP) is 11.4. The molecule has 0 spiro atoms. The molecule has 5 heteroatoms. The van der Waals surface area contributed by atoms with Crippen molar-refractivity contribution in [2.24, 2.45) is 0 Å². The number of anilines is 3. The molecule has 0 aliphatic carbocycles. The molecular weight excluding hydrogens is 631 g/mol. The zero-order valence-electron chi connectivity index (χ0n) is 29.5. The molecule has 256 valence electrons. The van der Waals surface area contributed by atoms with Crippen LogP contribution in [0.3, 0.4) is 0 Å². The third-order valence-electron chi connectivity index (χ3n) is 8.74. The fourth-order valence-corrected chi connectivity index (χ4v) is 6.06. The van der Waals surface area contributed by atoms with Crippen molar-refractivity contribution in [3.63, 3.8) is 0 Å². The number of carbonyl (C=O) groups is 2. The Kier molecular flexibility index (Phi) is 12.0. The van der Waals surface area contributed by atoms with Crippen molar-refractivity contribution in [3.05, 3.63) is 171 Å². The summed E-state index contributed by atoms with van der Waals surface area (Å²) >= 11 is 0. The van der Waals surface area contributed by atoms with Gasteiger partial charge < -0.3 is 15.1 Å². The van der Waals surface area contributed by atoms with Gasteiger partial charge in [0.15, 0.2) is 0 Å². The van der Waals surface area contributed by atoms with Gasteiger partial charge in [-0.3, -0.25) is 0 Å². The standard InChI is InChI=1S/C46H43NO4/c1-5-38-30-36(16-27-45(48)49)10-20-40(38)18-8-34-12-22-42(23-13-34)47(44-26-7-32(3)29-33(44)4)43-24-14-35(15-25-43)9-19-41-21-11-37(17-28-46(50)51)31-39(41)6-2/h7-31H,5-6H2,1-4H3,(H,48,49)(H,50,51).